The lowest BCUT2D eigenvalue weighted by atomic mass is 9.98. The predicted molar refractivity (Wildman–Crippen MR) is 239 cm³/mol. The predicted octanol–water partition coefficient (Wildman–Crippen LogP) is 15.2. The highest BCUT2D eigenvalue weighted by atomic mass is 16.3. The molecule has 0 aliphatic carbocycles. The molecule has 0 fully saturated rings. The molecule has 57 heavy (non-hydrogen) atoms. The summed E-state index contributed by atoms with van der Waals surface area (Å²) in [6, 6.07) is 78.1. The first-order chi connectivity index (χ1) is 28.3. The number of rotatable bonds is 7. The first kappa shape index (κ1) is 32.8. The summed E-state index contributed by atoms with van der Waals surface area (Å²) in [6.07, 6.45) is 0. The van der Waals surface area contributed by atoms with E-state index >= 15 is 0 Å². The van der Waals surface area contributed by atoms with Crippen LogP contribution in [-0.2, 0) is 0 Å². The van der Waals surface area contributed by atoms with Crippen LogP contribution in [0.3, 0.4) is 0 Å². The molecule has 268 valence electrons. The van der Waals surface area contributed by atoms with E-state index in [1.54, 1.807) is 0 Å². The van der Waals surface area contributed by atoms with Crippen LogP contribution >= 0.6 is 0 Å². The molecule has 0 unspecified atom stereocenters. The Kier molecular flexibility index (Phi) is 7.82. The Balaban J connectivity index is 1.04. The number of anilines is 3. The van der Waals surface area contributed by atoms with Crippen LogP contribution in [-0.4, -0.2) is 4.57 Å². The van der Waals surface area contributed by atoms with Crippen molar-refractivity contribution >= 4 is 60.8 Å². The lowest BCUT2D eigenvalue weighted by Crippen LogP contribution is -2.11. The van der Waals surface area contributed by atoms with Crippen molar-refractivity contribution in [2.24, 2.45) is 0 Å². The maximum atomic E-state index is 6.25. The van der Waals surface area contributed by atoms with E-state index in [-0.39, 0.29) is 0 Å². The molecule has 3 heteroatoms. The number of para-hydroxylation sites is 5. The van der Waals surface area contributed by atoms with Crippen LogP contribution in [0.25, 0.3) is 82.8 Å². The van der Waals surface area contributed by atoms with E-state index in [2.05, 4.69) is 216 Å². The molecule has 11 aromatic rings. The van der Waals surface area contributed by atoms with E-state index < -0.39 is 0 Å². The van der Waals surface area contributed by atoms with Crippen molar-refractivity contribution in [3.8, 4) is 39.1 Å². The first-order valence-electron chi connectivity index (χ1n) is 19.4. The van der Waals surface area contributed by atoms with Crippen molar-refractivity contribution in [2.75, 3.05) is 4.90 Å². The highest BCUT2D eigenvalue weighted by Crippen LogP contribution is 2.44. The third kappa shape index (κ3) is 5.51. The average molecular weight is 729 g/mol. The standard InChI is InChI=1S/C54H36N2O/c1-2-15-37(16-3-1)42-17-4-9-23-48(42)55(41-35-31-39(32-36-41)44-22-14-28-53-54(44)47-21-8-13-27-52(47)57-53)40-33-29-38(30-34-40)43-18-5-10-24-49(43)56-50-25-11-6-19-45(50)46-20-7-12-26-51(46)56/h1-36H. The van der Waals surface area contributed by atoms with Crippen LogP contribution in [0.2, 0.25) is 0 Å². The van der Waals surface area contributed by atoms with Gasteiger partial charge in [0.2, 0.25) is 0 Å². The van der Waals surface area contributed by atoms with E-state index in [4.69, 9.17) is 4.42 Å². The summed E-state index contributed by atoms with van der Waals surface area (Å²) < 4.78 is 8.65. The maximum absolute atomic E-state index is 6.25. The van der Waals surface area contributed by atoms with E-state index in [9.17, 15) is 0 Å². The number of nitrogens with zero attached hydrogens (tertiary/aromatic N) is 2. The third-order valence-electron chi connectivity index (χ3n) is 11.2. The van der Waals surface area contributed by atoms with Crippen LogP contribution < -0.4 is 4.90 Å². The van der Waals surface area contributed by atoms with Gasteiger partial charge in [-0.15, -0.1) is 0 Å². The van der Waals surface area contributed by atoms with Gasteiger partial charge in [-0.3, -0.25) is 0 Å². The van der Waals surface area contributed by atoms with Crippen molar-refractivity contribution in [1.82, 2.24) is 4.57 Å². The zero-order valence-corrected chi connectivity index (χ0v) is 31.1. The molecule has 11 rings (SSSR count). The lowest BCUT2D eigenvalue weighted by Gasteiger charge is -2.28. The largest absolute Gasteiger partial charge is 0.456 e. The normalized spacial score (nSPS) is 11.5. The Bertz CT molecular complexity index is 3170. The number of aromatic nitrogens is 1. The SMILES string of the molecule is c1ccc(-c2ccccc2N(c2ccc(-c3ccccc3-n3c4ccccc4c4ccccc43)cc2)c2ccc(-c3cccc4oc5ccccc5c34)cc2)cc1. The molecule has 0 N–H and O–H groups in total. The van der Waals surface area contributed by atoms with E-state index in [1.807, 2.05) is 12.1 Å². The van der Waals surface area contributed by atoms with Gasteiger partial charge in [0, 0.05) is 44.0 Å². The van der Waals surface area contributed by atoms with Gasteiger partial charge in [-0.05, 0) is 82.9 Å². The van der Waals surface area contributed by atoms with E-state index in [0.717, 1.165) is 66.9 Å². The van der Waals surface area contributed by atoms with Gasteiger partial charge in [0.15, 0.2) is 0 Å². The minimum Gasteiger partial charge on any atom is -0.456 e. The molecule has 2 aromatic heterocycles. The van der Waals surface area contributed by atoms with Crippen LogP contribution in [0.15, 0.2) is 223 Å². The molecule has 0 amide bonds. The number of furan rings is 1. The maximum Gasteiger partial charge on any atom is 0.136 e. The number of hydrogen-bond donors (Lipinski definition) is 0. The number of fused-ring (bicyclic) bond motifs is 6. The zero-order chi connectivity index (χ0) is 37.7. The molecule has 0 aliphatic rings. The minimum absolute atomic E-state index is 0.899. The van der Waals surface area contributed by atoms with Gasteiger partial charge in [-0.1, -0.05) is 158 Å². The molecule has 0 aliphatic heterocycles. The Morgan fingerprint density at radius 3 is 1.53 bits per heavy atom. The van der Waals surface area contributed by atoms with Crippen molar-refractivity contribution in [1.29, 1.82) is 0 Å². The molecule has 3 nitrogen and oxygen atoms in total. The van der Waals surface area contributed by atoms with Crippen molar-refractivity contribution in [3.63, 3.8) is 0 Å². The minimum atomic E-state index is 0.899. The van der Waals surface area contributed by atoms with Gasteiger partial charge in [0.1, 0.15) is 11.2 Å². The second-order valence-corrected chi connectivity index (χ2v) is 14.5. The summed E-state index contributed by atoms with van der Waals surface area (Å²) in [5.41, 5.74) is 15.6. The number of hydrogen-bond acceptors (Lipinski definition) is 2. The first-order valence-corrected chi connectivity index (χ1v) is 19.4. The fourth-order valence-electron chi connectivity index (χ4n) is 8.65. The van der Waals surface area contributed by atoms with Crippen molar-refractivity contribution in [3.05, 3.63) is 218 Å². The molecule has 0 radical (unpaired) electrons. The topological polar surface area (TPSA) is 21.3 Å². The van der Waals surface area contributed by atoms with Gasteiger partial charge in [0.25, 0.3) is 0 Å². The van der Waals surface area contributed by atoms with Gasteiger partial charge in [0.05, 0.1) is 22.4 Å². The monoisotopic (exact) mass is 728 g/mol. The van der Waals surface area contributed by atoms with Gasteiger partial charge < -0.3 is 13.9 Å². The molecule has 9 aromatic carbocycles. The second-order valence-electron chi connectivity index (χ2n) is 14.5. The molecule has 0 atom stereocenters. The highest BCUT2D eigenvalue weighted by Gasteiger charge is 2.20. The molecular formula is C54H36N2O. The Morgan fingerprint density at radius 2 is 0.825 bits per heavy atom. The fraction of sp³-hybridized carbons (Fsp3) is 0. The molecule has 0 saturated heterocycles. The summed E-state index contributed by atoms with van der Waals surface area (Å²) in [5, 5.41) is 4.79. The smallest absolute Gasteiger partial charge is 0.136 e. The summed E-state index contributed by atoms with van der Waals surface area (Å²) in [7, 11) is 0. The zero-order valence-electron chi connectivity index (χ0n) is 31.1. The summed E-state index contributed by atoms with van der Waals surface area (Å²) in [5.74, 6) is 0. The lowest BCUT2D eigenvalue weighted by molar-refractivity contribution is 0.669. The third-order valence-corrected chi connectivity index (χ3v) is 11.2. The van der Waals surface area contributed by atoms with Gasteiger partial charge in [-0.2, -0.15) is 0 Å². The molecular weight excluding hydrogens is 693 g/mol. The Hall–Kier alpha value is -7.62. The highest BCUT2D eigenvalue weighted by molar-refractivity contribution is 6.12. The average Bonchev–Trinajstić information content (AvgIpc) is 3.84. The quantitative estimate of drug-likeness (QED) is 0.163. The van der Waals surface area contributed by atoms with Crippen molar-refractivity contribution in [2.45, 2.75) is 0 Å². The van der Waals surface area contributed by atoms with Crippen LogP contribution in [0, 0.1) is 0 Å². The number of benzene rings is 9. The van der Waals surface area contributed by atoms with Gasteiger partial charge >= 0.3 is 0 Å². The van der Waals surface area contributed by atoms with Crippen LogP contribution in [0.4, 0.5) is 17.1 Å². The second kappa shape index (κ2) is 13.6. The van der Waals surface area contributed by atoms with E-state index in [0.29, 0.717) is 0 Å². The Labute approximate surface area is 330 Å². The van der Waals surface area contributed by atoms with Gasteiger partial charge in [-0.25, -0.2) is 0 Å². The van der Waals surface area contributed by atoms with Crippen LogP contribution in [0.1, 0.15) is 0 Å². The summed E-state index contributed by atoms with van der Waals surface area (Å²) >= 11 is 0. The fourth-order valence-corrected chi connectivity index (χ4v) is 8.65. The van der Waals surface area contributed by atoms with Crippen molar-refractivity contribution < 1.29 is 4.42 Å². The van der Waals surface area contributed by atoms with Crippen LogP contribution in [0.5, 0.6) is 0 Å². The summed E-state index contributed by atoms with van der Waals surface area (Å²) in [6.45, 7) is 0. The molecule has 2 heterocycles. The molecule has 0 saturated carbocycles. The molecule has 0 bridgehead atoms. The summed E-state index contributed by atoms with van der Waals surface area (Å²) in [4.78, 5) is 2.38. The molecule has 0 spiro atoms. The van der Waals surface area contributed by atoms with E-state index in [1.165, 1.54) is 32.9 Å². The Morgan fingerprint density at radius 1 is 0.333 bits per heavy atom.